The monoisotopic (exact) mass is 792 g/mol. The van der Waals surface area contributed by atoms with Gasteiger partial charge in [-0.2, -0.15) is 10.2 Å². The molecule has 0 radical (unpaired) electrons. The summed E-state index contributed by atoms with van der Waals surface area (Å²) in [6, 6.07) is 46.5. The molecule has 0 aliphatic carbocycles. The van der Waals surface area contributed by atoms with Crippen LogP contribution in [-0.2, 0) is 0 Å². The molecule has 0 aromatic heterocycles. The van der Waals surface area contributed by atoms with Gasteiger partial charge in [0.05, 0.1) is 36.7 Å². The summed E-state index contributed by atoms with van der Waals surface area (Å²) in [7, 11) is 3.13. The number of fused-ring (bicyclic) bond motifs is 2. The number of nitrogens with one attached hydrogen (secondary N) is 2. The molecule has 294 valence electrons. The smallest absolute Gasteiger partial charge is 0.259 e. The first kappa shape index (κ1) is 38.5. The molecule has 0 saturated heterocycles. The zero-order chi connectivity index (χ0) is 41.6. The van der Waals surface area contributed by atoms with Gasteiger partial charge in [-0.1, -0.05) is 72.8 Å². The Hall–Kier alpha value is -8.38. The van der Waals surface area contributed by atoms with Crippen molar-refractivity contribution >= 4 is 67.5 Å². The molecular formula is C48H36N6O6. The van der Waals surface area contributed by atoms with Gasteiger partial charge in [0.25, 0.3) is 11.8 Å². The summed E-state index contributed by atoms with van der Waals surface area (Å²) in [6.07, 6.45) is 0. The van der Waals surface area contributed by atoms with E-state index in [2.05, 4.69) is 31.1 Å². The fourth-order valence-corrected chi connectivity index (χ4v) is 6.59. The predicted octanol–water partition coefficient (Wildman–Crippen LogP) is 12.4. The van der Waals surface area contributed by atoms with Crippen LogP contribution < -0.4 is 20.1 Å². The average Bonchev–Trinajstić information content (AvgIpc) is 3.29. The normalized spacial score (nSPS) is 11.3. The summed E-state index contributed by atoms with van der Waals surface area (Å²) in [5.74, 6) is -0.265. The summed E-state index contributed by atoms with van der Waals surface area (Å²) in [4.78, 5) is 26.6. The number of aromatic hydroxyl groups is 2. The maximum absolute atomic E-state index is 13.3. The van der Waals surface area contributed by atoms with E-state index in [1.165, 1.54) is 0 Å². The number of rotatable bonds is 11. The number of methoxy groups -OCH3 is 2. The number of phenolic OH excluding ortho intramolecular Hbond substituents is 2. The zero-order valence-corrected chi connectivity index (χ0v) is 32.3. The number of carbonyl (C=O) groups is 2. The quantitative estimate of drug-likeness (QED) is 0.0951. The molecule has 0 atom stereocenters. The molecule has 12 heteroatoms. The first-order chi connectivity index (χ1) is 29.3. The number of carbonyl (C=O) groups excluding carboxylic acids is 2. The van der Waals surface area contributed by atoms with Crippen molar-refractivity contribution < 1.29 is 29.3 Å². The van der Waals surface area contributed by atoms with Crippen LogP contribution in [0, 0.1) is 0 Å². The molecule has 8 rings (SSSR count). The Labute approximate surface area is 344 Å². The highest BCUT2D eigenvalue weighted by Crippen LogP contribution is 2.41. The van der Waals surface area contributed by atoms with E-state index in [1.54, 1.807) is 99.1 Å². The molecule has 0 saturated carbocycles. The third-order valence-electron chi connectivity index (χ3n) is 9.77. The van der Waals surface area contributed by atoms with Gasteiger partial charge in [0.15, 0.2) is 11.5 Å². The first-order valence-corrected chi connectivity index (χ1v) is 18.7. The van der Waals surface area contributed by atoms with Crippen molar-refractivity contribution in [1.82, 2.24) is 0 Å². The van der Waals surface area contributed by atoms with Crippen LogP contribution in [0.3, 0.4) is 0 Å². The van der Waals surface area contributed by atoms with Crippen molar-refractivity contribution in [3.63, 3.8) is 0 Å². The number of amides is 2. The third-order valence-corrected chi connectivity index (χ3v) is 9.77. The molecule has 0 spiro atoms. The van der Waals surface area contributed by atoms with Gasteiger partial charge in [0.2, 0.25) is 0 Å². The molecule has 8 aromatic rings. The van der Waals surface area contributed by atoms with Crippen LogP contribution in [0.25, 0.3) is 32.7 Å². The van der Waals surface area contributed by atoms with Crippen LogP contribution in [0.4, 0.5) is 34.1 Å². The van der Waals surface area contributed by atoms with Crippen LogP contribution in [0.5, 0.6) is 23.0 Å². The first-order valence-electron chi connectivity index (χ1n) is 18.7. The highest BCUT2D eigenvalue weighted by Gasteiger charge is 2.20. The number of anilines is 2. The summed E-state index contributed by atoms with van der Waals surface area (Å²) >= 11 is 0. The number of benzene rings is 8. The third kappa shape index (κ3) is 8.20. The fourth-order valence-electron chi connectivity index (χ4n) is 6.59. The van der Waals surface area contributed by atoms with E-state index >= 15 is 0 Å². The molecule has 0 unspecified atom stereocenters. The minimum absolute atomic E-state index is 0.0589. The highest BCUT2D eigenvalue weighted by atomic mass is 16.5. The molecule has 2 amide bonds. The van der Waals surface area contributed by atoms with Gasteiger partial charge in [-0.05, 0) is 107 Å². The second-order valence-electron chi connectivity index (χ2n) is 13.5. The maximum atomic E-state index is 13.3. The molecule has 60 heavy (non-hydrogen) atoms. The van der Waals surface area contributed by atoms with Gasteiger partial charge in [0.1, 0.15) is 22.9 Å². The summed E-state index contributed by atoms with van der Waals surface area (Å²) in [6.45, 7) is 0. The number of nitrogens with zero attached hydrogens (tertiary/aromatic N) is 4. The SMILES string of the molecule is COc1ccc(NC(=O)c2cc3ccccc3c(N=Nc3ccc(-c4ccc(N=Nc5c(O)c(C(=O)Nc6ccc(OC)cc6)cc6ccccc56)cc4)cc3)c2O)cc1. The van der Waals surface area contributed by atoms with E-state index < -0.39 is 11.8 Å². The van der Waals surface area contributed by atoms with Gasteiger partial charge in [-0.25, -0.2) is 0 Å². The molecule has 0 aliphatic rings. The average molecular weight is 793 g/mol. The van der Waals surface area contributed by atoms with Crippen LogP contribution in [-0.4, -0.2) is 36.2 Å². The summed E-state index contributed by atoms with van der Waals surface area (Å²) in [5.41, 5.74) is 4.43. The molecule has 0 bridgehead atoms. The fraction of sp³-hybridized carbons (Fsp3) is 0.0417. The van der Waals surface area contributed by atoms with Gasteiger partial charge in [0, 0.05) is 22.1 Å². The van der Waals surface area contributed by atoms with Gasteiger partial charge in [-0.15, -0.1) is 10.2 Å². The standard InChI is InChI=1S/C48H36N6O6/c1-59-37-23-19-33(20-24-37)49-47(57)41-27-31-7-3-5-9-39(31)43(45(41)55)53-51-35-15-11-29(12-16-35)30-13-17-36(18-14-30)52-54-44-40-10-6-4-8-32(40)28-42(46(44)56)48(58)50-34-21-25-38(60-2)26-22-34/h3-28,55-56H,1-2H3,(H,49,57)(H,50,58). The topological polar surface area (TPSA) is 167 Å². The van der Waals surface area contributed by atoms with Crippen molar-refractivity contribution in [2.45, 2.75) is 0 Å². The Morgan fingerprint density at radius 1 is 0.467 bits per heavy atom. The Kier molecular flexibility index (Phi) is 10.9. The zero-order valence-electron chi connectivity index (χ0n) is 32.3. The van der Waals surface area contributed by atoms with Gasteiger partial charge in [-0.3, -0.25) is 9.59 Å². The lowest BCUT2D eigenvalue weighted by molar-refractivity contribution is 0.101. The molecular weight excluding hydrogens is 757 g/mol. The molecule has 0 aliphatic heterocycles. The molecule has 0 fully saturated rings. The minimum atomic E-state index is -0.497. The van der Waals surface area contributed by atoms with Crippen molar-refractivity contribution in [1.29, 1.82) is 0 Å². The Morgan fingerprint density at radius 3 is 1.20 bits per heavy atom. The van der Waals surface area contributed by atoms with Gasteiger partial charge < -0.3 is 30.3 Å². The van der Waals surface area contributed by atoms with Crippen LogP contribution >= 0.6 is 0 Å². The highest BCUT2D eigenvalue weighted by molar-refractivity contribution is 6.13. The minimum Gasteiger partial charge on any atom is -0.505 e. The van der Waals surface area contributed by atoms with E-state index in [0.29, 0.717) is 55.8 Å². The van der Waals surface area contributed by atoms with Gasteiger partial charge >= 0.3 is 0 Å². The largest absolute Gasteiger partial charge is 0.505 e. The van der Waals surface area contributed by atoms with Crippen molar-refractivity contribution in [2.75, 3.05) is 24.9 Å². The number of azo groups is 2. The van der Waals surface area contributed by atoms with E-state index in [9.17, 15) is 19.8 Å². The lowest BCUT2D eigenvalue weighted by Gasteiger charge is -2.11. The van der Waals surface area contributed by atoms with Crippen molar-refractivity contribution in [3.05, 3.63) is 169 Å². The van der Waals surface area contributed by atoms with Crippen molar-refractivity contribution in [2.24, 2.45) is 20.5 Å². The van der Waals surface area contributed by atoms with Crippen molar-refractivity contribution in [3.8, 4) is 34.1 Å². The molecule has 0 heterocycles. The van der Waals surface area contributed by atoms with E-state index in [-0.39, 0.29) is 34.0 Å². The summed E-state index contributed by atoms with van der Waals surface area (Å²) in [5, 5.41) is 48.6. The second-order valence-corrected chi connectivity index (χ2v) is 13.5. The van der Waals surface area contributed by atoms with E-state index in [4.69, 9.17) is 9.47 Å². The summed E-state index contributed by atoms with van der Waals surface area (Å²) < 4.78 is 10.4. The second kappa shape index (κ2) is 17.0. The maximum Gasteiger partial charge on any atom is 0.259 e. The lowest BCUT2D eigenvalue weighted by Crippen LogP contribution is -2.12. The van der Waals surface area contributed by atoms with Crippen LogP contribution in [0.15, 0.2) is 178 Å². The lowest BCUT2D eigenvalue weighted by atomic mass is 10.0. The van der Waals surface area contributed by atoms with E-state index in [0.717, 1.165) is 11.1 Å². The van der Waals surface area contributed by atoms with Crippen LogP contribution in [0.1, 0.15) is 20.7 Å². The Morgan fingerprint density at radius 2 is 0.833 bits per heavy atom. The molecule has 8 aromatic carbocycles. The van der Waals surface area contributed by atoms with E-state index in [1.807, 2.05) is 72.8 Å². The molecule has 12 nitrogen and oxygen atoms in total. The number of phenols is 2. The number of hydrogen-bond donors (Lipinski definition) is 4. The Balaban J connectivity index is 0.991. The van der Waals surface area contributed by atoms with Crippen LogP contribution in [0.2, 0.25) is 0 Å². The number of ether oxygens (including phenoxy) is 2. The molecule has 4 N–H and O–H groups in total. The number of hydrogen-bond acceptors (Lipinski definition) is 10. The Bertz CT molecular complexity index is 2730. The predicted molar refractivity (Wildman–Crippen MR) is 233 cm³/mol.